The third-order valence-electron chi connectivity index (χ3n) is 4.79. The van der Waals surface area contributed by atoms with Crippen molar-refractivity contribution in [3.63, 3.8) is 0 Å². The number of hydrogen-bond donors (Lipinski definition) is 0. The molecule has 0 saturated carbocycles. The fraction of sp³-hybridized carbons (Fsp3) is 0.529. The standard InChI is InChI=1S/C17H21N3O2S/c1-12-9-15(22-18-12)14-3-2-6-20(14)17(21)11-19-7-4-16-13(10-19)5-8-23-16/h5,8-9,14H,2-4,6-7,10-11H2,1H3. The van der Waals surface area contributed by atoms with Crippen LogP contribution >= 0.6 is 11.3 Å². The van der Waals surface area contributed by atoms with Crippen LogP contribution in [0.1, 0.15) is 40.8 Å². The first kappa shape index (κ1) is 14.9. The first-order valence-corrected chi connectivity index (χ1v) is 9.09. The zero-order chi connectivity index (χ0) is 15.8. The summed E-state index contributed by atoms with van der Waals surface area (Å²) < 4.78 is 5.40. The highest BCUT2D eigenvalue weighted by Crippen LogP contribution is 2.32. The van der Waals surface area contributed by atoms with Gasteiger partial charge in [-0.05, 0) is 43.2 Å². The van der Waals surface area contributed by atoms with Crippen molar-refractivity contribution in [2.45, 2.75) is 38.8 Å². The number of rotatable bonds is 3. The summed E-state index contributed by atoms with van der Waals surface area (Å²) in [6, 6.07) is 4.20. The summed E-state index contributed by atoms with van der Waals surface area (Å²) in [5.41, 5.74) is 2.26. The lowest BCUT2D eigenvalue weighted by Crippen LogP contribution is -2.41. The Morgan fingerprint density at radius 2 is 2.39 bits per heavy atom. The maximum absolute atomic E-state index is 12.8. The molecule has 4 heterocycles. The van der Waals surface area contributed by atoms with Crippen LogP contribution in [-0.2, 0) is 17.8 Å². The van der Waals surface area contributed by atoms with Gasteiger partial charge in [0.25, 0.3) is 0 Å². The zero-order valence-electron chi connectivity index (χ0n) is 13.3. The first-order valence-electron chi connectivity index (χ1n) is 8.21. The van der Waals surface area contributed by atoms with Crippen LogP contribution in [0.5, 0.6) is 0 Å². The minimum Gasteiger partial charge on any atom is -0.359 e. The molecule has 4 rings (SSSR count). The van der Waals surface area contributed by atoms with Crippen molar-refractivity contribution in [3.8, 4) is 0 Å². The minimum atomic E-state index is 0.0604. The van der Waals surface area contributed by atoms with Crippen molar-refractivity contribution in [2.75, 3.05) is 19.6 Å². The minimum absolute atomic E-state index is 0.0604. The maximum atomic E-state index is 12.8. The molecule has 1 saturated heterocycles. The number of carbonyl (C=O) groups is 1. The van der Waals surface area contributed by atoms with Crippen molar-refractivity contribution < 1.29 is 9.32 Å². The number of nitrogens with zero attached hydrogens (tertiary/aromatic N) is 3. The molecule has 2 aromatic heterocycles. The molecule has 23 heavy (non-hydrogen) atoms. The Labute approximate surface area is 139 Å². The Balaban J connectivity index is 1.42. The van der Waals surface area contributed by atoms with E-state index in [0.29, 0.717) is 6.54 Å². The molecule has 1 unspecified atom stereocenters. The van der Waals surface area contributed by atoms with E-state index in [2.05, 4.69) is 21.5 Å². The van der Waals surface area contributed by atoms with E-state index in [-0.39, 0.29) is 11.9 Å². The molecule has 2 aliphatic rings. The van der Waals surface area contributed by atoms with Crippen LogP contribution in [0, 0.1) is 6.92 Å². The van der Waals surface area contributed by atoms with Crippen LogP contribution < -0.4 is 0 Å². The number of aryl methyl sites for hydroxylation is 1. The lowest BCUT2D eigenvalue weighted by Gasteiger charge is -2.29. The summed E-state index contributed by atoms with van der Waals surface area (Å²) in [5.74, 6) is 1.03. The van der Waals surface area contributed by atoms with Gasteiger partial charge in [-0.2, -0.15) is 0 Å². The van der Waals surface area contributed by atoms with Gasteiger partial charge < -0.3 is 9.42 Å². The smallest absolute Gasteiger partial charge is 0.237 e. The fourth-order valence-electron chi connectivity index (χ4n) is 3.63. The quantitative estimate of drug-likeness (QED) is 0.868. The first-order chi connectivity index (χ1) is 11.2. The largest absolute Gasteiger partial charge is 0.359 e. The average Bonchev–Trinajstić information content (AvgIpc) is 3.26. The molecule has 1 amide bonds. The highest BCUT2D eigenvalue weighted by atomic mass is 32.1. The van der Waals surface area contributed by atoms with Crippen LogP contribution in [0.15, 0.2) is 22.0 Å². The third-order valence-corrected chi connectivity index (χ3v) is 5.82. The molecule has 2 aromatic rings. The van der Waals surface area contributed by atoms with Crippen LogP contribution in [0.4, 0.5) is 0 Å². The maximum Gasteiger partial charge on any atom is 0.237 e. The molecule has 0 spiro atoms. The van der Waals surface area contributed by atoms with E-state index in [1.165, 1.54) is 10.4 Å². The Bertz CT molecular complexity index is 708. The second-order valence-corrected chi connectivity index (χ2v) is 7.45. The monoisotopic (exact) mass is 331 g/mol. The van der Waals surface area contributed by atoms with Gasteiger partial charge in [0.2, 0.25) is 5.91 Å². The van der Waals surface area contributed by atoms with Crippen molar-refractivity contribution in [2.24, 2.45) is 0 Å². The molecule has 0 aromatic carbocycles. The Morgan fingerprint density at radius 1 is 1.48 bits per heavy atom. The molecule has 0 bridgehead atoms. The van der Waals surface area contributed by atoms with Crippen molar-refractivity contribution >= 4 is 17.2 Å². The van der Waals surface area contributed by atoms with Gasteiger partial charge in [-0.1, -0.05) is 5.16 Å². The van der Waals surface area contributed by atoms with Gasteiger partial charge in [0.05, 0.1) is 18.3 Å². The van der Waals surface area contributed by atoms with E-state index >= 15 is 0 Å². The van der Waals surface area contributed by atoms with Gasteiger partial charge in [0, 0.05) is 30.6 Å². The molecule has 0 radical (unpaired) electrons. The second kappa shape index (κ2) is 6.09. The van der Waals surface area contributed by atoms with E-state index in [1.54, 1.807) is 0 Å². The van der Waals surface area contributed by atoms with E-state index < -0.39 is 0 Å². The molecular weight excluding hydrogens is 310 g/mol. The Morgan fingerprint density at radius 3 is 3.22 bits per heavy atom. The molecule has 1 atom stereocenters. The van der Waals surface area contributed by atoms with Crippen molar-refractivity contribution in [3.05, 3.63) is 39.4 Å². The summed E-state index contributed by atoms with van der Waals surface area (Å²) in [6.45, 7) is 5.10. The molecule has 1 fully saturated rings. The molecule has 122 valence electrons. The predicted molar refractivity (Wildman–Crippen MR) is 88.2 cm³/mol. The lowest BCUT2D eigenvalue weighted by atomic mass is 10.1. The van der Waals surface area contributed by atoms with E-state index in [0.717, 1.165) is 50.4 Å². The highest BCUT2D eigenvalue weighted by Gasteiger charge is 2.33. The van der Waals surface area contributed by atoms with Crippen LogP contribution in [0.25, 0.3) is 0 Å². The van der Waals surface area contributed by atoms with Gasteiger partial charge in [0.1, 0.15) is 0 Å². The summed E-state index contributed by atoms with van der Waals surface area (Å²) >= 11 is 1.83. The molecule has 0 N–H and O–H groups in total. The van der Waals surface area contributed by atoms with Gasteiger partial charge in [0.15, 0.2) is 5.76 Å². The van der Waals surface area contributed by atoms with E-state index in [9.17, 15) is 4.79 Å². The van der Waals surface area contributed by atoms with Crippen LogP contribution in [0.3, 0.4) is 0 Å². The molecule has 2 aliphatic heterocycles. The number of aromatic nitrogens is 1. The summed E-state index contributed by atoms with van der Waals surface area (Å²) in [5, 5.41) is 6.12. The number of thiophene rings is 1. The normalized spacial score (nSPS) is 21.6. The number of hydrogen-bond acceptors (Lipinski definition) is 5. The molecule has 5 nitrogen and oxygen atoms in total. The topological polar surface area (TPSA) is 49.6 Å². The number of carbonyl (C=O) groups excluding carboxylic acids is 1. The zero-order valence-corrected chi connectivity index (χ0v) is 14.1. The van der Waals surface area contributed by atoms with Crippen molar-refractivity contribution in [1.29, 1.82) is 0 Å². The van der Waals surface area contributed by atoms with Gasteiger partial charge in [-0.15, -0.1) is 11.3 Å². The summed E-state index contributed by atoms with van der Waals surface area (Å²) in [7, 11) is 0. The fourth-order valence-corrected chi connectivity index (χ4v) is 4.51. The number of fused-ring (bicyclic) bond motifs is 1. The number of amides is 1. The average molecular weight is 331 g/mol. The Kier molecular flexibility index (Phi) is 3.95. The predicted octanol–water partition coefficient (Wildman–Crippen LogP) is 2.77. The van der Waals surface area contributed by atoms with Crippen LogP contribution in [-0.4, -0.2) is 40.5 Å². The molecular formula is C17H21N3O2S. The molecule has 0 aliphatic carbocycles. The van der Waals surface area contributed by atoms with Gasteiger partial charge in [-0.25, -0.2) is 0 Å². The summed E-state index contributed by atoms with van der Waals surface area (Å²) in [4.78, 5) is 18.5. The SMILES string of the molecule is Cc1cc(C2CCCN2C(=O)CN2CCc3sccc3C2)on1. The van der Waals surface area contributed by atoms with Gasteiger partial charge in [-0.3, -0.25) is 9.69 Å². The Hall–Kier alpha value is -1.66. The van der Waals surface area contributed by atoms with Crippen molar-refractivity contribution in [1.82, 2.24) is 15.0 Å². The number of likely N-dealkylation sites (tertiary alicyclic amines) is 1. The lowest BCUT2D eigenvalue weighted by molar-refractivity contribution is -0.134. The summed E-state index contributed by atoms with van der Waals surface area (Å²) in [6.07, 6.45) is 3.06. The second-order valence-electron chi connectivity index (χ2n) is 6.45. The van der Waals surface area contributed by atoms with Crippen LogP contribution in [0.2, 0.25) is 0 Å². The van der Waals surface area contributed by atoms with E-state index in [1.807, 2.05) is 29.2 Å². The molecule has 6 heteroatoms. The third kappa shape index (κ3) is 2.93. The highest BCUT2D eigenvalue weighted by molar-refractivity contribution is 7.10. The van der Waals surface area contributed by atoms with E-state index in [4.69, 9.17) is 4.52 Å². The van der Waals surface area contributed by atoms with Gasteiger partial charge >= 0.3 is 0 Å².